The highest BCUT2D eigenvalue weighted by molar-refractivity contribution is 5.95. The van der Waals surface area contributed by atoms with Crippen LogP contribution in [-0.2, 0) is 20.7 Å². The van der Waals surface area contributed by atoms with Crippen molar-refractivity contribution in [3.63, 3.8) is 0 Å². The number of carbonyl (C=O) groups excluding carboxylic acids is 4. The summed E-state index contributed by atoms with van der Waals surface area (Å²) in [7, 11) is 0. The quantitative estimate of drug-likeness (QED) is 0.155. The summed E-state index contributed by atoms with van der Waals surface area (Å²) in [6, 6.07) is 16.5. The standard InChI is InChI=1S/C30H31FN2O7/c1-19-6-9-22(10-7-19)27(36)39-25-15-8-20(16-24(25)31)17-30(5,38-18-34)33-26(35)21-11-13-23(14-12-21)32-28(37)40-29(2,3)4/h6-16,18H,17H2,1-5H3,(H,32,37)(H,33,35). The van der Waals surface area contributed by atoms with Crippen LogP contribution < -0.4 is 15.4 Å². The Balaban J connectivity index is 1.66. The van der Waals surface area contributed by atoms with Crippen molar-refractivity contribution in [3.05, 3.63) is 94.8 Å². The molecule has 0 heterocycles. The molecule has 2 amide bonds. The van der Waals surface area contributed by atoms with E-state index in [2.05, 4.69) is 10.6 Å². The Hall–Kier alpha value is -4.73. The summed E-state index contributed by atoms with van der Waals surface area (Å²) in [4.78, 5) is 48.4. The van der Waals surface area contributed by atoms with E-state index < -0.39 is 35.1 Å². The van der Waals surface area contributed by atoms with Gasteiger partial charge in [0, 0.05) is 17.7 Å². The fourth-order valence-corrected chi connectivity index (χ4v) is 3.64. The molecule has 3 rings (SSSR count). The van der Waals surface area contributed by atoms with Crippen molar-refractivity contribution in [2.75, 3.05) is 5.32 Å². The van der Waals surface area contributed by atoms with Gasteiger partial charge in [-0.1, -0.05) is 23.8 Å². The molecule has 40 heavy (non-hydrogen) atoms. The number of hydrogen-bond donors (Lipinski definition) is 2. The fourth-order valence-electron chi connectivity index (χ4n) is 3.64. The Labute approximate surface area is 231 Å². The van der Waals surface area contributed by atoms with Crippen molar-refractivity contribution in [1.82, 2.24) is 5.32 Å². The number of amides is 2. The van der Waals surface area contributed by atoms with E-state index in [1.165, 1.54) is 43.3 Å². The predicted octanol–water partition coefficient (Wildman–Crippen LogP) is 5.56. The van der Waals surface area contributed by atoms with Gasteiger partial charge < -0.3 is 19.5 Å². The van der Waals surface area contributed by atoms with Crippen molar-refractivity contribution in [2.45, 2.75) is 52.4 Å². The first kappa shape index (κ1) is 29.8. The maximum atomic E-state index is 14.8. The van der Waals surface area contributed by atoms with Gasteiger partial charge in [-0.3, -0.25) is 14.9 Å². The van der Waals surface area contributed by atoms with Gasteiger partial charge in [0.05, 0.1) is 5.56 Å². The van der Waals surface area contributed by atoms with Gasteiger partial charge in [0.1, 0.15) is 5.60 Å². The van der Waals surface area contributed by atoms with Crippen LogP contribution in [0.1, 0.15) is 59.5 Å². The minimum Gasteiger partial charge on any atom is -0.444 e. The summed E-state index contributed by atoms with van der Waals surface area (Å²) >= 11 is 0. The van der Waals surface area contributed by atoms with Crippen LogP contribution in [0.5, 0.6) is 5.75 Å². The highest BCUT2D eigenvalue weighted by Crippen LogP contribution is 2.23. The summed E-state index contributed by atoms with van der Waals surface area (Å²) in [5, 5.41) is 5.20. The van der Waals surface area contributed by atoms with E-state index in [1.54, 1.807) is 45.0 Å². The van der Waals surface area contributed by atoms with Gasteiger partial charge in [-0.25, -0.2) is 14.0 Å². The van der Waals surface area contributed by atoms with Gasteiger partial charge in [-0.15, -0.1) is 0 Å². The molecule has 9 nitrogen and oxygen atoms in total. The predicted molar refractivity (Wildman–Crippen MR) is 146 cm³/mol. The van der Waals surface area contributed by atoms with Crippen LogP contribution in [0.4, 0.5) is 14.9 Å². The summed E-state index contributed by atoms with van der Waals surface area (Å²) in [6.45, 7) is 8.73. The van der Waals surface area contributed by atoms with Crippen molar-refractivity contribution in [2.24, 2.45) is 0 Å². The van der Waals surface area contributed by atoms with Crippen molar-refractivity contribution in [3.8, 4) is 5.75 Å². The number of anilines is 1. The minimum absolute atomic E-state index is 0.0845. The highest BCUT2D eigenvalue weighted by Gasteiger charge is 2.30. The molecule has 1 atom stereocenters. The van der Waals surface area contributed by atoms with Gasteiger partial charge in [-0.05, 0) is 88.7 Å². The normalized spacial score (nSPS) is 12.4. The Morgan fingerprint density at radius 1 is 0.900 bits per heavy atom. The minimum atomic E-state index is -1.53. The van der Waals surface area contributed by atoms with Crippen LogP contribution in [0, 0.1) is 12.7 Å². The van der Waals surface area contributed by atoms with Crippen molar-refractivity contribution >= 4 is 30.1 Å². The average Bonchev–Trinajstić information content (AvgIpc) is 2.85. The molecule has 0 aliphatic rings. The Morgan fingerprint density at radius 2 is 1.52 bits per heavy atom. The van der Waals surface area contributed by atoms with E-state index in [4.69, 9.17) is 14.2 Å². The highest BCUT2D eigenvalue weighted by atomic mass is 19.1. The number of esters is 1. The zero-order valence-electron chi connectivity index (χ0n) is 22.9. The number of benzene rings is 3. The average molecular weight is 551 g/mol. The summed E-state index contributed by atoms with van der Waals surface area (Å²) in [6.07, 6.45) is -0.724. The van der Waals surface area contributed by atoms with Crippen LogP contribution >= 0.6 is 0 Å². The van der Waals surface area contributed by atoms with Crippen molar-refractivity contribution in [1.29, 1.82) is 0 Å². The van der Waals surface area contributed by atoms with E-state index in [-0.39, 0.29) is 29.8 Å². The molecule has 0 radical (unpaired) electrons. The van der Waals surface area contributed by atoms with E-state index in [1.807, 2.05) is 6.92 Å². The SMILES string of the molecule is Cc1ccc(C(=O)Oc2ccc(CC(C)(NC(=O)c3ccc(NC(=O)OC(C)(C)C)cc3)OC=O)cc2F)cc1. The second-order valence-electron chi connectivity index (χ2n) is 10.3. The molecule has 0 aromatic heterocycles. The lowest BCUT2D eigenvalue weighted by molar-refractivity contribution is -0.143. The van der Waals surface area contributed by atoms with Gasteiger partial charge >= 0.3 is 12.1 Å². The van der Waals surface area contributed by atoms with Gasteiger partial charge in [-0.2, -0.15) is 0 Å². The number of nitrogens with one attached hydrogen (secondary N) is 2. The molecule has 1 unspecified atom stereocenters. The molecule has 210 valence electrons. The number of aryl methyl sites for hydroxylation is 1. The maximum absolute atomic E-state index is 14.8. The van der Waals surface area contributed by atoms with Crippen LogP contribution in [0.2, 0.25) is 0 Å². The molecule has 2 N–H and O–H groups in total. The number of carbonyl (C=O) groups is 4. The fraction of sp³-hybridized carbons (Fsp3) is 0.267. The largest absolute Gasteiger partial charge is 0.444 e. The summed E-state index contributed by atoms with van der Waals surface area (Å²) in [5.74, 6) is -2.35. The first-order chi connectivity index (χ1) is 18.8. The monoisotopic (exact) mass is 550 g/mol. The smallest absolute Gasteiger partial charge is 0.412 e. The molecule has 0 aliphatic carbocycles. The van der Waals surface area contributed by atoms with Crippen molar-refractivity contribution < 1.29 is 37.8 Å². The molecule has 0 saturated carbocycles. The molecule has 0 saturated heterocycles. The summed E-state index contributed by atoms with van der Waals surface area (Å²) < 4.78 is 30.3. The van der Waals surface area contributed by atoms with Gasteiger partial charge in [0.2, 0.25) is 0 Å². The van der Waals surface area contributed by atoms with E-state index in [9.17, 15) is 23.6 Å². The lowest BCUT2D eigenvalue weighted by Crippen LogP contribution is -2.49. The summed E-state index contributed by atoms with van der Waals surface area (Å²) in [5.41, 5.74) is 0.0517. The number of hydrogen-bond acceptors (Lipinski definition) is 7. The molecule has 0 bridgehead atoms. The first-order valence-electron chi connectivity index (χ1n) is 12.4. The molecular weight excluding hydrogens is 519 g/mol. The van der Waals surface area contributed by atoms with Crippen LogP contribution in [0.3, 0.4) is 0 Å². The van der Waals surface area contributed by atoms with E-state index in [0.717, 1.165) is 11.6 Å². The second-order valence-corrected chi connectivity index (χ2v) is 10.3. The Morgan fingerprint density at radius 3 is 2.10 bits per heavy atom. The van der Waals surface area contributed by atoms with Crippen LogP contribution in [0.15, 0.2) is 66.7 Å². The second kappa shape index (κ2) is 12.4. The van der Waals surface area contributed by atoms with E-state index in [0.29, 0.717) is 11.3 Å². The molecule has 0 spiro atoms. The Bertz CT molecular complexity index is 1380. The van der Waals surface area contributed by atoms with Crippen LogP contribution in [-0.4, -0.2) is 35.8 Å². The third kappa shape index (κ3) is 8.65. The molecular formula is C30H31FN2O7. The van der Waals surface area contributed by atoms with Gasteiger partial charge in [0.25, 0.3) is 12.4 Å². The number of halogens is 1. The maximum Gasteiger partial charge on any atom is 0.412 e. The zero-order chi connectivity index (χ0) is 29.5. The molecule has 0 aliphatic heterocycles. The van der Waals surface area contributed by atoms with E-state index >= 15 is 0 Å². The lowest BCUT2D eigenvalue weighted by Gasteiger charge is -2.29. The van der Waals surface area contributed by atoms with Crippen LogP contribution in [0.25, 0.3) is 0 Å². The number of rotatable bonds is 9. The lowest BCUT2D eigenvalue weighted by atomic mass is 10.0. The molecule has 0 fully saturated rings. The molecule has 10 heteroatoms. The molecule has 3 aromatic carbocycles. The zero-order valence-corrected chi connectivity index (χ0v) is 22.9. The molecule has 3 aromatic rings. The third-order valence-corrected chi connectivity index (χ3v) is 5.51. The third-order valence-electron chi connectivity index (χ3n) is 5.51. The topological polar surface area (TPSA) is 120 Å². The number of ether oxygens (including phenoxy) is 3. The van der Waals surface area contributed by atoms with Gasteiger partial charge in [0.15, 0.2) is 17.3 Å². The first-order valence-corrected chi connectivity index (χ1v) is 12.4. The Kier molecular flexibility index (Phi) is 9.26.